The lowest BCUT2D eigenvalue weighted by atomic mass is 9.81. The van der Waals surface area contributed by atoms with Gasteiger partial charge in [0.2, 0.25) is 0 Å². The van der Waals surface area contributed by atoms with Crippen LogP contribution in [0.2, 0.25) is 0 Å². The fourth-order valence-corrected chi connectivity index (χ4v) is 4.41. The summed E-state index contributed by atoms with van der Waals surface area (Å²) in [4.78, 5) is 19.4. The first-order valence-corrected chi connectivity index (χ1v) is 12.2. The van der Waals surface area contributed by atoms with E-state index in [9.17, 15) is 13.6 Å². The number of carboxylic acid groups (broad SMARTS) is 1. The number of aliphatic imine (C=N–C) groups is 1. The largest absolute Gasteiger partial charge is 0.478 e. The molecule has 0 saturated heterocycles. The number of aromatic carboxylic acids is 1. The summed E-state index contributed by atoms with van der Waals surface area (Å²) in [5, 5.41) is 13.1. The van der Waals surface area contributed by atoms with E-state index in [1.807, 2.05) is 0 Å². The van der Waals surface area contributed by atoms with Crippen molar-refractivity contribution in [3.63, 3.8) is 0 Å². The Morgan fingerprint density at radius 2 is 2.06 bits per heavy atom. The predicted octanol–water partition coefficient (Wildman–Crippen LogP) is 6.46. The number of hydrogen-bond acceptors (Lipinski definition) is 6. The summed E-state index contributed by atoms with van der Waals surface area (Å²) in [5.41, 5.74) is 1.37. The van der Waals surface area contributed by atoms with Gasteiger partial charge in [-0.25, -0.2) is 23.6 Å². The third-order valence-corrected chi connectivity index (χ3v) is 6.82. The van der Waals surface area contributed by atoms with E-state index in [0.717, 1.165) is 25.3 Å². The summed E-state index contributed by atoms with van der Waals surface area (Å²) in [5.74, 6) is -0.390. The molecule has 2 aromatic heterocycles. The van der Waals surface area contributed by atoms with Gasteiger partial charge < -0.3 is 14.4 Å². The van der Waals surface area contributed by atoms with Crippen molar-refractivity contribution in [2.75, 3.05) is 0 Å². The SMILES string of the molecule is O=C(O)c1ccc(N=CC[C@H](CC2CCC2)OCc2c(-c3ccc(F)cc3F)noc2C2CC2)nc1. The first-order valence-electron chi connectivity index (χ1n) is 12.2. The molecule has 7 nitrogen and oxygen atoms in total. The van der Waals surface area contributed by atoms with Crippen molar-refractivity contribution < 1.29 is 27.9 Å². The normalized spacial score (nSPS) is 16.8. The molecule has 2 aliphatic carbocycles. The molecule has 1 N–H and O–H groups in total. The molecule has 3 aromatic rings. The van der Waals surface area contributed by atoms with Gasteiger partial charge in [0.05, 0.1) is 18.3 Å². The Bertz CT molecular complexity index is 1250. The highest BCUT2D eigenvalue weighted by Gasteiger charge is 2.33. The van der Waals surface area contributed by atoms with Gasteiger partial charge in [0, 0.05) is 41.9 Å². The second-order valence-corrected chi connectivity index (χ2v) is 9.50. The first kappa shape index (κ1) is 24.2. The zero-order chi connectivity index (χ0) is 25.1. The van der Waals surface area contributed by atoms with Crippen LogP contribution in [0.1, 0.15) is 72.5 Å². The van der Waals surface area contributed by atoms with Crippen LogP contribution in [0.5, 0.6) is 0 Å². The number of hydrogen-bond donors (Lipinski definition) is 1. The lowest BCUT2D eigenvalue weighted by Crippen LogP contribution is -2.22. The zero-order valence-electron chi connectivity index (χ0n) is 19.7. The van der Waals surface area contributed by atoms with Crippen LogP contribution in [0.3, 0.4) is 0 Å². The quantitative estimate of drug-likeness (QED) is 0.307. The van der Waals surface area contributed by atoms with Gasteiger partial charge >= 0.3 is 5.97 Å². The highest BCUT2D eigenvalue weighted by molar-refractivity contribution is 5.87. The molecule has 0 bridgehead atoms. The Kier molecular flexibility index (Phi) is 7.18. The van der Waals surface area contributed by atoms with Gasteiger partial charge in [0.1, 0.15) is 23.1 Å². The summed E-state index contributed by atoms with van der Waals surface area (Å²) < 4.78 is 40.0. The van der Waals surface area contributed by atoms with Gasteiger partial charge in [-0.15, -0.1) is 0 Å². The Morgan fingerprint density at radius 3 is 2.69 bits per heavy atom. The number of carbonyl (C=O) groups is 1. The highest BCUT2D eigenvalue weighted by Crippen LogP contribution is 2.44. The molecule has 0 amide bonds. The van der Waals surface area contributed by atoms with Crippen LogP contribution in [-0.2, 0) is 11.3 Å². The smallest absolute Gasteiger partial charge is 0.337 e. The summed E-state index contributed by atoms with van der Waals surface area (Å²) in [7, 11) is 0. The first-order chi connectivity index (χ1) is 17.5. The Labute approximate surface area is 207 Å². The lowest BCUT2D eigenvalue weighted by Gasteiger charge is -2.29. The number of aromatic nitrogens is 2. The summed E-state index contributed by atoms with van der Waals surface area (Å²) in [6.45, 7) is 0.207. The number of rotatable bonds is 11. The molecule has 9 heteroatoms. The average molecular weight is 496 g/mol. The van der Waals surface area contributed by atoms with Crippen LogP contribution in [-0.4, -0.2) is 33.5 Å². The van der Waals surface area contributed by atoms with Crippen molar-refractivity contribution in [2.45, 2.75) is 63.6 Å². The van der Waals surface area contributed by atoms with Crippen molar-refractivity contribution in [3.8, 4) is 11.3 Å². The third kappa shape index (κ3) is 5.67. The van der Waals surface area contributed by atoms with Crippen LogP contribution < -0.4 is 0 Å². The van der Waals surface area contributed by atoms with E-state index in [-0.39, 0.29) is 29.8 Å². The Morgan fingerprint density at radius 1 is 1.22 bits per heavy atom. The van der Waals surface area contributed by atoms with Gasteiger partial charge in [-0.3, -0.25) is 0 Å². The second-order valence-electron chi connectivity index (χ2n) is 9.50. The number of ether oxygens (including phenoxy) is 1. The van der Waals surface area contributed by atoms with Crippen molar-refractivity contribution >= 4 is 18.0 Å². The van der Waals surface area contributed by atoms with Crippen molar-refractivity contribution in [2.24, 2.45) is 10.9 Å². The maximum atomic E-state index is 14.5. The van der Waals surface area contributed by atoms with E-state index in [1.54, 1.807) is 12.3 Å². The molecule has 2 saturated carbocycles. The molecular formula is C27H27F2N3O4. The molecule has 5 rings (SSSR count). The fraction of sp³-hybridized carbons (Fsp3) is 0.407. The van der Waals surface area contributed by atoms with E-state index in [0.29, 0.717) is 35.2 Å². The summed E-state index contributed by atoms with van der Waals surface area (Å²) >= 11 is 0. The van der Waals surface area contributed by atoms with Crippen LogP contribution >= 0.6 is 0 Å². The Hall–Kier alpha value is -3.46. The molecule has 1 aromatic carbocycles. The predicted molar refractivity (Wildman–Crippen MR) is 128 cm³/mol. The third-order valence-electron chi connectivity index (χ3n) is 6.82. The molecule has 0 unspecified atom stereocenters. The maximum absolute atomic E-state index is 14.5. The zero-order valence-corrected chi connectivity index (χ0v) is 19.7. The number of halogens is 2. The molecule has 2 heterocycles. The van der Waals surface area contributed by atoms with Gasteiger partial charge in [-0.2, -0.15) is 0 Å². The summed E-state index contributed by atoms with van der Waals surface area (Å²) in [6.07, 6.45) is 9.84. The van der Waals surface area contributed by atoms with Gasteiger partial charge in [-0.05, 0) is 49.4 Å². The molecule has 36 heavy (non-hydrogen) atoms. The van der Waals surface area contributed by atoms with Crippen molar-refractivity contribution in [3.05, 3.63) is 65.1 Å². The molecule has 188 valence electrons. The molecule has 2 fully saturated rings. The molecule has 2 aliphatic rings. The fourth-order valence-electron chi connectivity index (χ4n) is 4.41. The van der Waals surface area contributed by atoms with Crippen LogP contribution in [0.15, 0.2) is 46.0 Å². The van der Waals surface area contributed by atoms with E-state index in [4.69, 9.17) is 14.4 Å². The maximum Gasteiger partial charge on any atom is 0.337 e. The topological polar surface area (TPSA) is 97.8 Å². The minimum absolute atomic E-state index is 0.105. The molecule has 0 aliphatic heterocycles. The van der Waals surface area contributed by atoms with Gasteiger partial charge in [-0.1, -0.05) is 24.4 Å². The Balaban J connectivity index is 1.31. The highest BCUT2D eigenvalue weighted by atomic mass is 19.1. The number of carboxylic acids is 1. The lowest BCUT2D eigenvalue weighted by molar-refractivity contribution is 0.0201. The van der Waals surface area contributed by atoms with Gasteiger partial charge in [0.15, 0.2) is 5.82 Å². The molecular weight excluding hydrogens is 468 g/mol. The monoisotopic (exact) mass is 495 g/mol. The molecule has 0 radical (unpaired) electrons. The van der Waals surface area contributed by atoms with E-state index >= 15 is 0 Å². The van der Waals surface area contributed by atoms with E-state index in [1.165, 1.54) is 43.7 Å². The number of benzene rings is 1. The standard InChI is InChI=1S/C27H27F2N3O4/c28-19-7-8-21(23(29)13-19)25-22(26(36-32-25)17-4-5-17)15-35-20(12-16-2-1-3-16)10-11-30-24-9-6-18(14-31-24)27(33)34/h6-9,11,13-14,16-17,20H,1-5,10,12,15H2,(H,33,34)/t20-/m1/s1. The number of nitrogens with zero attached hydrogens (tertiary/aromatic N) is 3. The van der Waals surface area contributed by atoms with E-state index in [2.05, 4.69) is 15.1 Å². The summed E-state index contributed by atoms with van der Waals surface area (Å²) in [6, 6.07) is 6.46. The van der Waals surface area contributed by atoms with Crippen molar-refractivity contribution in [1.29, 1.82) is 0 Å². The van der Waals surface area contributed by atoms with Crippen molar-refractivity contribution in [1.82, 2.24) is 10.1 Å². The van der Waals surface area contributed by atoms with Crippen LogP contribution in [0.25, 0.3) is 11.3 Å². The second kappa shape index (κ2) is 10.7. The van der Waals surface area contributed by atoms with Gasteiger partial charge in [0.25, 0.3) is 0 Å². The molecule has 1 atom stereocenters. The van der Waals surface area contributed by atoms with Crippen LogP contribution in [0, 0.1) is 17.6 Å². The van der Waals surface area contributed by atoms with Crippen LogP contribution in [0.4, 0.5) is 14.6 Å². The number of pyridine rings is 1. The minimum Gasteiger partial charge on any atom is -0.478 e. The minimum atomic E-state index is -1.04. The average Bonchev–Trinajstić information content (AvgIpc) is 3.59. The van der Waals surface area contributed by atoms with E-state index < -0.39 is 17.6 Å². The molecule has 0 spiro atoms.